The third-order valence-corrected chi connectivity index (χ3v) is 4.64. The topological polar surface area (TPSA) is 61.9 Å². The first kappa shape index (κ1) is 20.6. The van der Waals surface area contributed by atoms with Crippen molar-refractivity contribution in [3.05, 3.63) is 54.1 Å². The van der Waals surface area contributed by atoms with Crippen LogP contribution in [0.2, 0.25) is 0 Å². The van der Waals surface area contributed by atoms with Crippen molar-refractivity contribution in [2.24, 2.45) is 0 Å². The second-order valence-corrected chi connectivity index (χ2v) is 7.06. The van der Waals surface area contributed by atoms with Crippen molar-refractivity contribution in [3.63, 3.8) is 0 Å². The molecule has 3 rings (SSSR count). The van der Waals surface area contributed by atoms with Gasteiger partial charge < -0.3 is 15.0 Å². The molecule has 1 aliphatic heterocycles. The Hall–Kier alpha value is -3.16. The van der Waals surface area contributed by atoms with Crippen LogP contribution < -0.4 is 15.0 Å². The molecule has 154 valence electrons. The van der Waals surface area contributed by atoms with E-state index in [1.807, 2.05) is 24.3 Å². The first-order valence-electron chi connectivity index (χ1n) is 9.34. The van der Waals surface area contributed by atoms with E-state index >= 15 is 0 Å². The molecule has 1 heterocycles. The number of hydrogen-bond donors (Lipinski definition) is 1. The monoisotopic (exact) mass is 403 g/mol. The van der Waals surface area contributed by atoms with Crippen molar-refractivity contribution in [1.29, 1.82) is 0 Å². The minimum absolute atomic E-state index is 0.0499. The van der Waals surface area contributed by atoms with E-state index in [-0.39, 0.29) is 18.3 Å². The van der Waals surface area contributed by atoms with Gasteiger partial charge in [0.25, 0.3) is 0 Å². The van der Waals surface area contributed by atoms with Crippen molar-refractivity contribution in [3.8, 4) is 5.75 Å². The molecule has 2 aromatic carbocycles. The van der Waals surface area contributed by atoms with Crippen LogP contribution in [-0.2, 0) is 4.79 Å². The van der Waals surface area contributed by atoms with E-state index in [1.54, 1.807) is 11.0 Å². The van der Waals surface area contributed by atoms with E-state index in [0.29, 0.717) is 24.7 Å². The molecule has 1 N–H and O–H groups in total. The van der Waals surface area contributed by atoms with Gasteiger partial charge in [-0.2, -0.15) is 8.78 Å². The number of nitrogens with zero attached hydrogens (tertiary/aromatic N) is 2. The van der Waals surface area contributed by atoms with Crippen molar-refractivity contribution in [1.82, 2.24) is 4.90 Å². The Bertz CT molecular complexity index is 872. The molecule has 0 aromatic heterocycles. The number of anilines is 2. The van der Waals surface area contributed by atoms with Crippen LogP contribution in [0.4, 0.5) is 25.0 Å². The zero-order chi connectivity index (χ0) is 21.0. The van der Waals surface area contributed by atoms with E-state index in [0.717, 1.165) is 5.69 Å². The van der Waals surface area contributed by atoms with E-state index in [1.165, 1.54) is 28.7 Å². The minimum atomic E-state index is -2.94. The van der Waals surface area contributed by atoms with Crippen LogP contribution in [-0.4, -0.2) is 43.1 Å². The molecule has 0 bridgehead atoms. The van der Waals surface area contributed by atoms with Crippen LogP contribution in [0.25, 0.3) is 0 Å². The smallest absolute Gasteiger partial charge is 0.387 e. The molecule has 1 fully saturated rings. The highest BCUT2D eigenvalue weighted by Gasteiger charge is 2.30. The number of benzene rings is 2. The Labute approximate surface area is 168 Å². The zero-order valence-corrected chi connectivity index (χ0v) is 16.3. The zero-order valence-electron chi connectivity index (χ0n) is 16.3. The fourth-order valence-corrected chi connectivity index (χ4v) is 3.13. The fourth-order valence-electron chi connectivity index (χ4n) is 3.13. The summed E-state index contributed by atoms with van der Waals surface area (Å²) >= 11 is 0. The number of halogens is 2. The summed E-state index contributed by atoms with van der Waals surface area (Å²) in [6.07, 6.45) is 0. The van der Waals surface area contributed by atoms with Crippen LogP contribution in [0.1, 0.15) is 25.3 Å². The van der Waals surface area contributed by atoms with Gasteiger partial charge in [-0.3, -0.25) is 9.69 Å². The summed E-state index contributed by atoms with van der Waals surface area (Å²) in [5.41, 5.74) is 2.30. The summed E-state index contributed by atoms with van der Waals surface area (Å²) in [5.74, 6) is -0.0567. The molecule has 0 spiro atoms. The third kappa shape index (κ3) is 5.22. The number of ether oxygens (including phenoxy) is 1. The second kappa shape index (κ2) is 8.89. The van der Waals surface area contributed by atoms with Gasteiger partial charge >= 0.3 is 12.6 Å². The highest BCUT2D eigenvalue weighted by atomic mass is 19.3. The lowest BCUT2D eigenvalue weighted by Gasteiger charge is -2.19. The van der Waals surface area contributed by atoms with Gasteiger partial charge in [0.1, 0.15) is 12.3 Å². The van der Waals surface area contributed by atoms with Crippen LogP contribution in [0, 0.1) is 0 Å². The summed E-state index contributed by atoms with van der Waals surface area (Å²) in [6, 6.07) is 13.3. The maximum Gasteiger partial charge on any atom is 0.387 e. The average Bonchev–Trinajstić information content (AvgIpc) is 3.02. The predicted octanol–water partition coefficient (Wildman–Crippen LogP) is 4.29. The molecule has 0 unspecified atom stereocenters. The van der Waals surface area contributed by atoms with Crippen molar-refractivity contribution >= 4 is 23.3 Å². The lowest BCUT2D eigenvalue weighted by molar-refractivity contribution is -0.116. The summed E-state index contributed by atoms with van der Waals surface area (Å²) < 4.78 is 28.9. The molecular weight excluding hydrogens is 380 g/mol. The fraction of sp³-hybridized carbons (Fsp3) is 0.333. The van der Waals surface area contributed by atoms with Gasteiger partial charge in [0, 0.05) is 30.5 Å². The number of urea groups is 1. The minimum Gasteiger partial charge on any atom is -0.435 e. The quantitative estimate of drug-likeness (QED) is 0.750. The molecule has 0 atom stereocenters. The Morgan fingerprint density at radius 2 is 1.86 bits per heavy atom. The van der Waals surface area contributed by atoms with Gasteiger partial charge in [-0.1, -0.05) is 32.0 Å². The summed E-state index contributed by atoms with van der Waals surface area (Å²) in [4.78, 5) is 28.0. The molecule has 1 saturated heterocycles. The maximum absolute atomic E-state index is 12.7. The number of carbonyl (C=O) groups is 2. The summed E-state index contributed by atoms with van der Waals surface area (Å²) in [7, 11) is 0. The number of hydrogen-bond acceptors (Lipinski definition) is 3. The Kier molecular flexibility index (Phi) is 6.31. The predicted molar refractivity (Wildman–Crippen MR) is 107 cm³/mol. The summed E-state index contributed by atoms with van der Waals surface area (Å²) in [6.45, 7) is 2.05. The van der Waals surface area contributed by atoms with E-state index < -0.39 is 12.5 Å². The van der Waals surface area contributed by atoms with Gasteiger partial charge in [0.15, 0.2) is 0 Å². The van der Waals surface area contributed by atoms with E-state index in [9.17, 15) is 18.4 Å². The molecule has 1 aliphatic rings. The Morgan fingerprint density at radius 1 is 1.14 bits per heavy atom. The third-order valence-electron chi connectivity index (χ3n) is 4.64. The number of rotatable bonds is 7. The first-order chi connectivity index (χ1) is 13.8. The number of alkyl halides is 2. The number of nitrogens with one attached hydrogen (secondary N) is 1. The van der Waals surface area contributed by atoms with Gasteiger partial charge in [0.05, 0.1) is 0 Å². The SMILES string of the molecule is CC(C)c1ccc(N2CCN(CC(=O)Nc3cccc(OC(F)F)c3)C2=O)cc1. The van der Waals surface area contributed by atoms with Crippen molar-refractivity contribution in [2.75, 3.05) is 29.9 Å². The van der Waals surface area contributed by atoms with Crippen molar-refractivity contribution < 1.29 is 23.1 Å². The van der Waals surface area contributed by atoms with Crippen LogP contribution in [0.5, 0.6) is 5.75 Å². The molecule has 0 radical (unpaired) electrons. The second-order valence-electron chi connectivity index (χ2n) is 7.06. The molecule has 0 saturated carbocycles. The van der Waals surface area contributed by atoms with Gasteiger partial charge in [-0.05, 0) is 35.7 Å². The average molecular weight is 403 g/mol. The van der Waals surface area contributed by atoms with Gasteiger partial charge in [-0.15, -0.1) is 0 Å². The summed E-state index contributed by atoms with van der Waals surface area (Å²) in [5, 5.41) is 2.60. The van der Waals surface area contributed by atoms with Crippen LogP contribution >= 0.6 is 0 Å². The molecule has 6 nitrogen and oxygen atoms in total. The largest absolute Gasteiger partial charge is 0.435 e. The van der Waals surface area contributed by atoms with Crippen molar-refractivity contribution in [2.45, 2.75) is 26.4 Å². The molecular formula is C21H23F2N3O3. The molecule has 3 amide bonds. The van der Waals surface area contributed by atoms with Gasteiger partial charge in [-0.25, -0.2) is 4.79 Å². The highest BCUT2D eigenvalue weighted by Crippen LogP contribution is 2.24. The standard InChI is InChI=1S/C21H23F2N3O3/c1-14(2)15-6-8-17(9-7-15)26-11-10-25(21(26)28)13-19(27)24-16-4-3-5-18(12-16)29-20(22)23/h3-9,12,14,20H,10-11,13H2,1-2H3,(H,24,27). The Morgan fingerprint density at radius 3 is 2.52 bits per heavy atom. The van der Waals surface area contributed by atoms with Gasteiger partial charge in [0.2, 0.25) is 5.91 Å². The lowest BCUT2D eigenvalue weighted by atomic mass is 10.0. The normalized spacial score (nSPS) is 14.1. The lowest BCUT2D eigenvalue weighted by Crippen LogP contribution is -2.37. The number of amides is 3. The van der Waals surface area contributed by atoms with E-state index in [4.69, 9.17) is 0 Å². The van der Waals surface area contributed by atoms with Crippen LogP contribution in [0.15, 0.2) is 48.5 Å². The first-order valence-corrected chi connectivity index (χ1v) is 9.34. The number of carbonyl (C=O) groups excluding carboxylic acids is 2. The Balaban J connectivity index is 1.58. The molecule has 0 aliphatic carbocycles. The van der Waals surface area contributed by atoms with E-state index in [2.05, 4.69) is 23.9 Å². The molecule has 8 heteroatoms. The maximum atomic E-state index is 12.7. The molecule has 29 heavy (non-hydrogen) atoms. The highest BCUT2D eigenvalue weighted by molar-refractivity contribution is 5.99. The van der Waals surface area contributed by atoms with Crippen LogP contribution in [0.3, 0.4) is 0 Å². The molecule has 2 aromatic rings.